The van der Waals surface area contributed by atoms with E-state index in [1.807, 2.05) is 54.6 Å². The first-order valence-electron chi connectivity index (χ1n) is 7.54. The number of ether oxygens (including phenoxy) is 2. The Morgan fingerprint density at radius 1 is 1.12 bits per heavy atom. The van der Waals surface area contributed by atoms with E-state index < -0.39 is 0 Å². The van der Waals surface area contributed by atoms with Crippen molar-refractivity contribution in [3.05, 3.63) is 66.0 Å². The van der Waals surface area contributed by atoms with Gasteiger partial charge in [0.05, 0.1) is 18.1 Å². The van der Waals surface area contributed by atoms with Gasteiger partial charge in [0.2, 0.25) is 0 Å². The predicted octanol–water partition coefficient (Wildman–Crippen LogP) is 3.00. The van der Waals surface area contributed by atoms with E-state index in [2.05, 4.69) is 15.0 Å². The SMILES string of the molecule is COc1ccc(C2C=C(c3nc4ccccc4[nH]3)N=C(N)O2)cc1. The number of fused-ring (bicyclic) bond motifs is 1. The molecule has 0 bridgehead atoms. The molecule has 0 radical (unpaired) electrons. The lowest BCUT2D eigenvalue weighted by molar-refractivity contribution is 0.233. The van der Waals surface area contributed by atoms with Gasteiger partial charge in [-0.25, -0.2) is 4.98 Å². The molecule has 3 N–H and O–H groups in total. The summed E-state index contributed by atoms with van der Waals surface area (Å²) < 4.78 is 10.8. The van der Waals surface area contributed by atoms with Crippen LogP contribution in [-0.2, 0) is 4.74 Å². The third-order valence-corrected chi connectivity index (χ3v) is 3.86. The highest BCUT2D eigenvalue weighted by atomic mass is 16.5. The van der Waals surface area contributed by atoms with Gasteiger partial charge in [0.25, 0.3) is 6.02 Å². The van der Waals surface area contributed by atoms with Crippen LogP contribution in [0.3, 0.4) is 0 Å². The molecule has 0 saturated heterocycles. The number of rotatable bonds is 3. The number of aromatic nitrogens is 2. The number of hydrogen-bond acceptors (Lipinski definition) is 5. The Labute approximate surface area is 138 Å². The maximum Gasteiger partial charge on any atom is 0.288 e. The summed E-state index contributed by atoms with van der Waals surface area (Å²) in [7, 11) is 1.64. The molecule has 6 heteroatoms. The van der Waals surface area contributed by atoms with Crippen molar-refractivity contribution < 1.29 is 9.47 Å². The van der Waals surface area contributed by atoms with E-state index >= 15 is 0 Å². The summed E-state index contributed by atoms with van der Waals surface area (Å²) >= 11 is 0. The Morgan fingerprint density at radius 2 is 1.92 bits per heavy atom. The molecule has 1 aliphatic heterocycles. The number of imidazole rings is 1. The number of nitrogens with one attached hydrogen (secondary N) is 1. The predicted molar refractivity (Wildman–Crippen MR) is 92.5 cm³/mol. The van der Waals surface area contributed by atoms with Crippen molar-refractivity contribution in [2.75, 3.05) is 7.11 Å². The molecule has 0 saturated carbocycles. The number of aromatic amines is 1. The van der Waals surface area contributed by atoms with Crippen molar-refractivity contribution in [2.24, 2.45) is 10.7 Å². The molecule has 2 aromatic carbocycles. The maximum atomic E-state index is 5.86. The molecule has 6 nitrogen and oxygen atoms in total. The van der Waals surface area contributed by atoms with E-state index in [1.54, 1.807) is 7.11 Å². The van der Waals surface area contributed by atoms with Crippen molar-refractivity contribution in [1.82, 2.24) is 9.97 Å². The molecule has 0 aliphatic carbocycles. The van der Waals surface area contributed by atoms with Crippen molar-refractivity contribution in [3.63, 3.8) is 0 Å². The van der Waals surface area contributed by atoms with Crippen LogP contribution in [0.5, 0.6) is 5.75 Å². The molecule has 1 atom stereocenters. The summed E-state index contributed by atoms with van der Waals surface area (Å²) in [6, 6.07) is 15.6. The lowest BCUT2D eigenvalue weighted by Crippen LogP contribution is -2.22. The number of nitrogens with zero attached hydrogens (tertiary/aromatic N) is 2. The van der Waals surface area contributed by atoms with Gasteiger partial charge in [-0.1, -0.05) is 24.3 Å². The lowest BCUT2D eigenvalue weighted by Gasteiger charge is -2.20. The van der Waals surface area contributed by atoms with Crippen LogP contribution in [0.25, 0.3) is 16.7 Å². The molecule has 0 amide bonds. The van der Waals surface area contributed by atoms with Gasteiger partial charge in [-0.15, -0.1) is 0 Å². The molecule has 2 heterocycles. The number of para-hydroxylation sites is 2. The van der Waals surface area contributed by atoms with Gasteiger partial charge in [-0.3, -0.25) is 0 Å². The normalized spacial score (nSPS) is 17.1. The Hall–Kier alpha value is -3.28. The van der Waals surface area contributed by atoms with Crippen molar-refractivity contribution in [2.45, 2.75) is 6.10 Å². The summed E-state index contributed by atoms with van der Waals surface area (Å²) in [5.41, 5.74) is 9.32. The van der Waals surface area contributed by atoms with Gasteiger partial charge in [-0.05, 0) is 35.9 Å². The summed E-state index contributed by atoms with van der Waals surface area (Å²) in [6.45, 7) is 0. The molecule has 1 aliphatic rings. The molecule has 0 fully saturated rings. The lowest BCUT2D eigenvalue weighted by atomic mass is 10.1. The number of H-pyrrole nitrogens is 1. The van der Waals surface area contributed by atoms with Crippen LogP contribution >= 0.6 is 0 Å². The van der Waals surface area contributed by atoms with Crippen LogP contribution in [0, 0.1) is 0 Å². The zero-order chi connectivity index (χ0) is 16.5. The summed E-state index contributed by atoms with van der Waals surface area (Å²) in [5.74, 6) is 1.46. The fourth-order valence-corrected chi connectivity index (χ4v) is 2.65. The quantitative estimate of drug-likeness (QED) is 0.777. The highest BCUT2D eigenvalue weighted by Crippen LogP contribution is 2.29. The van der Waals surface area contributed by atoms with Crippen molar-refractivity contribution in [1.29, 1.82) is 0 Å². The maximum absolute atomic E-state index is 5.86. The summed E-state index contributed by atoms with van der Waals surface area (Å²) in [6.07, 6.45) is 1.58. The van der Waals surface area contributed by atoms with Gasteiger partial charge >= 0.3 is 0 Å². The van der Waals surface area contributed by atoms with Gasteiger partial charge in [0, 0.05) is 0 Å². The molecule has 0 spiro atoms. The van der Waals surface area contributed by atoms with Gasteiger partial charge in [0.15, 0.2) is 5.82 Å². The van der Waals surface area contributed by atoms with Crippen LogP contribution < -0.4 is 10.5 Å². The third kappa shape index (κ3) is 2.58. The van der Waals surface area contributed by atoms with Crippen LogP contribution in [0.1, 0.15) is 17.5 Å². The van der Waals surface area contributed by atoms with Crippen LogP contribution in [0.15, 0.2) is 59.6 Å². The number of methoxy groups -OCH3 is 1. The zero-order valence-corrected chi connectivity index (χ0v) is 13.1. The third-order valence-electron chi connectivity index (χ3n) is 3.86. The molecule has 4 rings (SSSR count). The molecule has 1 unspecified atom stereocenters. The van der Waals surface area contributed by atoms with Gasteiger partial charge < -0.3 is 20.2 Å². The van der Waals surface area contributed by atoms with Crippen molar-refractivity contribution in [3.8, 4) is 5.75 Å². The minimum absolute atomic E-state index is 0.119. The van der Waals surface area contributed by atoms with Gasteiger partial charge in [0.1, 0.15) is 17.6 Å². The largest absolute Gasteiger partial charge is 0.497 e. The Morgan fingerprint density at radius 3 is 2.67 bits per heavy atom. The molecule has 3 aromatic rings. The average Bonchev–Trinajstić information content (AvgIpc) is 3.05. The second kappa shape index (κ2) is 5.73. The highest BCUT2D eigenvalue weighted by molar-refractivity contribution is 5.85. The molecular weight excluding hydrogens is 304 g/mol. The first-order chi connectivity index (χ1) is 11.7. The molecule has 120 valence electrons. The molecule has 1 aromatic heterocycles. The molecule has 24 heavy (non-hydrogen) atoms. The summed E-state index contributed by atoms with van der Waals surface area (Å²) in [4.78, 5) is 12.1. The number of benzene rings is 2. The fraction of sp³-hybridized carbons (Fsp3) is 0.111. The Balaban J connectivity index is 1.71. The van der Waals surface area contributed by atoms with Crippen molar-refractivity contribution >= 4 is 22.8 Å². The van der Waals surface area contributed by atoms with Crippen LogP contribution in [-0.4, -0.2) is 23.1 Å². The van der Waals surface area contributed by atoms with Crippen LogP contribution in [0.4, 0.5) is 0 Å². The molecular formula is C18H16N4O2. The topological polar surface area (TPSA) is 85.5 Å². The zero-order valence-electron chi connectivity index (χ0n) is 13.1. The Kier molecular flexibility index (Phi) is 3.42. The number of hydrogen-bond donors (Lipinski definition) is 2. The average molecular weight is 320 g/mol. The van der Waals surface area contributed by atoms with Gasteiger partial charge in [-0.2, -0.15) is 4.99 Å². The minimum atomic E-state index is -0.323. The second-order valence-electron chi connectivity index (χ2n) is 5.42. The number of nitrogens with two attached hydrogens (primary N) is 1. The Bertz CT molecular complexity index is 908. The first kappa shape index (κ1) is 14.3. The smallest absolute Gasteiger partial charge is 0.288 e. The second-order valence-corrected chi connectivity index (χ2v) is 5.42. The van der Waals surface area contributed by atoms with Crippen LogP contribution in [0.2, 0.25) is 0 Å². The number of amidine groups is 1. The number of aliphatic imine (C=N–C) groups is 1. The van der Waals surface area contributed by atoms with E-state index in [0.29, 0.717) is 11.5 Å². The monoisotopic (exact) mass is 320 g/mol. The first-order valence-corrected chi connectivity index (χ1v) is 7.54. The fourth-order valence-electron chi connectivity index (χ4n) is 2.65. The van der Waals surface area contributed by atoms with E-state index in [4.69, 9.17) is 15.2 Å². The van der Waals surface area contributed by atoms with E-state index in [0.717, 1.165) is 22.3 Å². The van der Waals surface area contributed by atoms with E-state index in [9.17, 15) is 0 Å². The minimum Gasteiger partial charge on any atom is -0.497 e. The van der Waals surface area contributed by atoms with E-state index in [1.165, 1.54) is 0 Å². The standard InChI is InChI=1S/C18H16N4O2/c1-23-12-8-6-11(7-9-12)16-10-15(22-18(19)24-16)17-20-13-4-2-3-5-14(13)21-17/h2-10,16H,1H3,(H2,19,22)(H,20,21). The van der Waals surface area contributed by atoms with E-state index in [-0.39, 0.29) is 12.1 Å². The highest BCUT2D eigenvalue weighted by Gasteiger charge is 2.20. The summed E-state index contributed by atoms with van der Waals surface area (Å²) in [5, 5.41) is 0.